The number of non-ortho nitro benzene ring substituents is 2. The maximum Gasteiger partial charge on any atom is 0.271 e. The molecule has 2 aromatic rings. The summed E-state index contributed by atoms with van der Waals surface area (Å²) in [4.78, 5) is 43.8. The molecule has 0 aliphatic carbocycles. The van der Waals surface area contributed by atoms with Crippen molar-refractivity contribution in [1.29, 1.82) is 0 Å². The van der Waals surface area contributed by atoms with Gasteiger partial charge in [-0.15, -0.1) is 0 Å². The molecule has 0 aliphatic heterocycles. The van der Waals surface area contributed by atoms with Crippen LogP contribution < -0.4 is 10.6 Å². The zero-order chi connectivity index (χ0) is 18.4. The monoisotopic (exact) mass is 344 g/mol. The number of carbonyl (C=O) groups is 2. The Bertz CT molecular complexity index is 782. The standard InChI is InChI=1S/C15H12N4O6/c20-14(16-10-3-1-5-12(7-10)18(22)23)9-15(21)17-11-4-2-6-13(8-11)19(24)25/h1-8H,9H2,(H,16,20)(H,17,21). The zero-order valence-corrected chi connectivity index (χ0v) is 12.7. The van der Waals surface area contributed by atoms with Crippen molar-refractivity contribution in [2.45, 2.75) is 6.42 Å². The van der Waals surface area contributed by atoms with Gasteiger partial charge in [0.2, 0.25) is 11.8 Å². The van der Waals surface area contributed by atoms with Crippen LogP contribution in [0.25, 0.3) is 0 Å². The van der Waals surface area contributed by atoms with Gasteiger partial charge in [0.05, 0.1) is 9.85 Å². The highest BCUT2D eigenvalue weighted by molar-refractivity contribution is 6.08. The van der Waals surface area contributed by atoms with Crippen LogP contribution in [0.4, 0.5) is 22.7 Å². The molecule has 0 radical (unpaired) electrons. The van der Waals surface area contributed by atoms with E-state index in [0.717, 1.165) is 12.1 Å². The fraction of sp³-hybridized carbons (Fsp3) is 0.0667. The van der Waals surface area contributed by atoms with Crippen LogP contribution in [0.15, 0.2) is 48.5 Å². The number of nitro benzene ring substituents is 2. The number of carbonyl (C=O) groups excluding carboxylic acids is 2. The van der Waals surface area contributed by atoms with Crippen molar-refractivity contribution >= 4 is 34.6 Å². The molecule has 2 N–H and O–H groups in total. The Morgan fingerprint density at radius 1 is 0.800 bits per heavy atom. The molecule has 25 heavy (non-hydrogen) atoms. The van der Waals surface area contributed by atoms with Crippen molar-refractivity contribution < 1.29 is 19.4 Å². The van der Waals surface area contributed by atoms with Crippen molar-refractivity contribution in [2.24, 2.45) is 0 Å². The molecule has 0 fully saturated rings. The topological polar surface area (TPSA) is 144 Å². The van der Waals surface area contributed by atoms with Gasteiger partial charge in [0.25, 0.3) is 11.4 Å². The normalized spacial score (nSPS) is 9.92. The summed E-state index contributed by atoms with van der Waals surface area (Å²) in [5.74, 6) is -1.35. The van der Waals surface area contributed by atoms with E-state index in [-0.39, 0.29) is 22.7 Å². The van der Waals surface area contributed by atoms with Gasteiger partial charge in [0, 0.05) is 35.6 Å². The average Bonchev–Trinajstić information content (AvgIpc) is 2.54. The second-order valence-corrected chi connectivity index (χ2v) is 4.89. The number of hydrogen-bond donors (Lipinski definition) is 2. The summed E-state index contributed by atoms with van der Waals surface area (Å²) >= 11 is 0. The fourth-order valence-electron chi connectivity index (χ4n) is 1.95. The number of anilines is 2. The van der Waals surface area contributed by atoms with E-state index >= 15 is 0 Å². The van der Waals surface area contributed by atoms with Crippen LogP contribution in [-0.2, 0) is 9.59 Å². The third-order valence-corrected chi connectivity index (χ3v) is 3.00. The molecule has 0 atom stereocenters. The van der Waals surface area contributed by atoms with Crippen LogP contribution in [-0.4, -0.2) is 21.7 Å². The number of nitrogens with zero attached hydrogens (tertiary/aromatic N) is 2. The van der Waals surface area contributed by atoms with Crippen molar-refractivity contribution in [3.63, 3.8) is 0 Å². The van der Waals surface area contributed by atoms with Gasteiger partial charge < -0.3 is 10.6 Å². The summed E-state index contributed by atoms with van der Waals surface area (Å²) in [5, 5.41) is 26.1. The number of rotatable bonds is 6. The molecule has 128 valence electrons. The van der Waals surface area contributed by atoms with E-state index < -0.39 is 28.1 Å². The summed E-state index contributed by atoms with van der Waals surface area (Å²) in [6.45, 7) is 0. The molecule has 2 aromatic carbocycles. The van der Waals surface area contributed by atoms with Crippen molar-refractivity contribution in [1.82, 2.24) is 0 Å². The highest BCUT2D eigenvalue weighted by Crippen LogP contribution is 2.18. The smallest absolute Gasteiger partial charge is 0.271 e. The molecule has 0 heterocycles. The van der Waals surface area contributed by atoms with E-state index in [1.54, 1.807) is 0 Å². The molecule has 2 rings (SSSR count). The van der Waals surface area contributed by atoms with E-state index in [4.69, 9.17) is 0 Å². The number of hydrogen-bond acceptors (Lipinski definition) is 6. The van der Waals surface area contributed by atoms with E-state index in [0.29, 0.717) is 0 Å². The van der Waals surface area contributed by atoms with Crippen LogP contribution >= 0.6 is 0 Å². The van der Waals surface area contributed by atoms with Gasteiger partial charge in [-0.2, -0.15) is 0 Å². The Kier molecular flexibility index (Phi) is 5.36. The van der Waals surface area contributed by atoms with Gasteiger partial charge in [-0.05, 0) is 12.1 Å². The third-order valence-electron chi connectivity index (χ3n) is 3.00. The molecule has 0 aromatic heterocycles. The van der Waals surface area contributed by atoms with Crippen LogP contribution in [0.2, 0.25) is 0 Å². The zero-order valence-electron chi connectivity index (χ0n) is 12.7. The Morgan fingerprint density at radius 3 is 1.56 bits per heavy atom. The number of amides is 2. The number of benzene rings is 2. The maximum atomic E-state index is 11.8. The number of nitrogens with one attached hydrogen (secondary N) is 2. The second-order valence-electron chi connectivity index (χ2n) is 4.89. The molecule has 0 bridgehead atoms. The van der Waals surface area contributed by atoms with E-state index in [1.807, 2.05) is 0 Å². The minimum atomic E-state index is -0.677. The summed E-state index contributed by atoms with van der Waals surface area (Å²) in [5.41, 5.74) is -0.0256. The second kappa shape index (κ2) is 7.64. The van der Waals surface area contributed by atoms with E-state index in [2.05, 4.69) is 10.6 Å². The first-order valence-corrected chi connectivity index (χ1v) is 6.94. The summed E-state index contributed by atoms with van der Waals surface area (Å²) in [6, 6.07) is 10.6. The first-order chi connectivity index (χ1) is 11.8. The summed E-state index contributed by atoms with van der Waals surface area (Å²) in [7, 11) is 0. The van der Waals surface area contributed by atoms with Crippen molar-refractivity contribution in [3.8, 4) is 0 Å². The Hall–Kier alpha value is -3.82. The molecule has 10 nitrogen and oxygen atoms in total. The van der Waals surface area contributed by atoms with Crippen molar-refractivity contribution in [2.75, 3.05) is 10.6 Å². The lowest BCUT2D eigenvalue weighted by Crippen LogP contribution is -2.21. The molecular formula is C15H12N4O6. The Balaban J connectivity index is 1.95. The lowest BCUT2D eigenvalue weighted by Gasteiger charge is -2.06. The van der Waals surface area contributed by atoms with Crippen LogP contribution in [0.1, 0.15) is 6.42 Å². The SMILES string of the molecule is O=C(CC(=O)Nc1cccc([N+](=O)[O-])c1)Nc1cccc([N+](=O)[O-])c1. The van der Waals surface area contributed by atoms with Gasteiger partial charge in [-0.25, -0.2) is 0 Å². The predicted molar refractivity (Wildman–Crippen MR) is 88.1 cm³/mol. The lowest BCUT2D eigenvalue weighted by atomic mass is 10.2. The summed E-state index contributed by atoms with van der Waals surface area (Å²) < 4.78 is 0. The number of nitro groups is 2. The molecular weight excluding hydrogens is 332 g/mol. The van der Waals surface area contributed by atoms with Gasteiger partial charge in [0.15, 0.2) is 0 Å². The minimum Gasteiger partial charge on any atom is -0.325 e. The Labute approximate surface area is 140 Å². The Morgan fingerprint density at radius 2 is 1.20 bits per heavy atom. The van der Waals surface area contributed by atoms with Crippen LogP contribution in [0, 0.1) is 20.2 Å². The molecule has 0 saturated heterocycles. The molecule has 0 spiro atoms. The summed E-state index contributed by atoms with van der Waals surface area (Å²) in [6.07, 6.45) is -0.550. The molecule has 2 amide bonds. The van der Waals surface area contributed by atoms with Crippen molar-refractivity contribution in [3.05, 3.63) is 68.8 Å². The first kappa shape index (κ1) is 17.5. The average molecular weight is 344 g/mol. The minimum absolute atomic E-state index is 0.183. The fourth-order valence-corrected chi connectivity index (χ4v) is 1.95. The predicted octanol–water partition coefficient (Wildman–Crippen LogP) is 2.47. The highest BCUT2D eigenvalue weighted by atomic mass is 16.6. The van der Waals surface area contributed by atoms with E-state index in [9.17, 15) is 29.8 Å². The van der Waals surface area contributed by atoms with Gasteiger partial charge in [0.1, 0.15) is 6.42 Å². The molecule has 0 unspecified atom stereocenters. The largest absolute Gasteiger partial charge is 0.325 e. The van der Waals surface area contributed by atoms with Gasteiger partial charge in [-0.3, -0.25) is 29.8 Å². The van der Waals surface area contributed by atoms with Gasteiger partial charge in [-0.1, -0.05) is 12.1 Å². The third kappa shape index (κ3) is 5.10. The molecule has 10 heteroatoms. The van der Waals surface area contributed by atoms with Crippen LogP contribution in [0.3, 0.4) is 0 Å². The lowest BCUT2D eigenvalue weighted by molar-refractivity contribution is -0.385. The molecule has 0 aliphatic rings. The van der Waals surface area contributed by atoms with Gasteiger partial charge >= 0.3 is 0 Å². The van der Waals surface area contributed by atoms with E-state index in [1.165, 1.54) is 36.4 Å². The highest BCUT2D eigenvalue weighted by Gasteiger charge is 2.13. The molecule has 0 saturated carbocycles. The quantitative estimate of drug-likeness (QED) is 0.468. The maximum absolute atomic E-state index is 11.8. The van der Waals surface area contributed by atoms with Crippen LogP contribution in [0.5, 0.6) is 0 Å². The first-order valence-electron chi connectivity index (χ1n) is 6.94.